The summed E-state index contributed by atoms with van der Waals surface area (Å²) in [5.74, 6) is -1.78. The van der Waals surface area contributed by atoms with Gasteiger partial charge in [-0.3, -0.25) is 9.59 Å². The lowest BCUT2D eigenvalue weighted by molar-refractivity contribution is -0.143. The Labute approximate surface area is 136 Å². The van der Waals surface area contributed by atoms with Crippen molar-refractivity contribution < 1.29 is 19.8 Å². The summed E-state index contributed by atoms with van der Waals surface area (Å²) in [4.78, 5) is 20.6. The number of aliphatic carboxylic acids is 2. The van der Waals surface area contributed by atoms with Crippen molar-refractivity contribution >= 4 is 11.9 Å². The average Bonchev–Trinajstić information content (AvgIpc) is 2.48. The number of carbonyl (C=O) groups is 2. The van der Waals surface area contributed by atoms with Gasteiger partial charge in [-0.25, -0.2) is 0 Å². The van der Waals surface area contributed by atoms with Gasteiger partial charge in [0, 0.05) is 6.54 Å². The van der Waals surface area contributed by atoms with Crippen LogP contribution in [0.5, 0.6) is 0 Å². The van der Waals surface area contributed by atoms with Gasteiger partial charge < -0.3 is 27.0 Å². The monoisotopic (exact) mass is 325 g/mol. The fourth-order valence-electron chi connectivity index (χ4n) is 1.65. The number of rotatable bonds is 9. The number of hydrogen-bond donors (Lipinski definition) is 5. The molecule has 0 bridgehead atoms. The highest BCUT2D eigenvalue weighted by molar-refractivity contribution is 5.77. The molecule has 0 radical (unpaired) electrons. The molecule has 0 aromatic heterocycles. The SMILES string of the molecule is C[C@](N)(CCCCN)C(=O)O.O=C(O)CNCc1ccccc1. The lowest BCUT2D eigenvalue weighted by Gasteiger charge is -2.18. The normalized spacial score (nSPS) is 12.7. The molecular formula is C16H27N3O4. The summed E-state index contributed by atoms with van der Waals surface area (Å²) in [6.45, 7) is 2.73. The van der Waals surface area contributed by atoms with Crippen molar-refractivity contribution in [2.75, 3.05) is 13.1 Å². The fraction of sp³-hybridized carbons (Fsp3) is 0.500. The zero-order chi connectivity index (χ0) is 17.7. The molecule has 1 aromatic rings. The molecule has 0 spiro atoms. The molecule has 0 aliphatic carbocycles. The minimum absolute atomic E-state index is 0.00882. The molecule has 0 amide bonds. The average molecular weight is 325 g/mol. The summed E-state index contributed by atoms with van der Waals surface area (Å²) >= 11 is 0. The van der Waals surface area contributed by atoms with Crippen LogP contribution in [0.15, 0.2) is 30.3 Å². The van der Waals surface area contributed by atoms with E-state index in [2.05, 4.69) is 5.32 Å². The summed E-state index contributed by atoms with van der Waals surface area (Å²) in [7, 11) is 0. The molecule has 1 atom stereocenters. The molecule has 0 aliphatic rings. The van der Waals surface area contributed by atoms with Gasteiger partial charge in [0.1, 0.15) is 5.54 Å². The molecule has 23 heavy (non-hydrogen) atoms. The van der Waals surface area contributed by atoms with Crippen LogP contribution in [0.2, 0.25) is 0 Å². The molecule has 0 aliphatic heterocycles. The Kier molecular flexibility index (Phi) is 10.6. The van der Waals surface area contributed by atoms with E-state index in [0.29, 0.717) is 19.5 Å². The Hall–Kier alpha value is -1.96. The number of unbranched alkanes of at least 4 members (excludes halogenated alkanes) is 1. The first-order chi connectivity index (χ1) is 10.8. The van der Waals surface area contributed by atoms with Crippen molar-refractivity contribution in [3.05, 3.63) is 35.9 Å². The maximum atomic E-state index is 10.5. The predicted molar refractivity (Wildman–Crippen MR) is 88.9 cm³/mol. The third-order valence-corrected chi connectivity index (χ3v) is 3.09. The molecule has 130 valence electrons. The third kappa shape index (κ3) is 11.3. The van der Waals surface area contributed by atoms with Gasteiger partial charge in [0.15, 0.2) is 0 Å². The molecule has 0 saturated carbocycles. The zero-order valence-corrected chi connectivity index (χ0v) is 13.5. The molecule has 0 heterocycles. The lowest BCUT2D eigenvalue weighted by atomic mass is 9.96. The molecule has 0 fully saturated rings. The smallest absolute Gasteiger partial charge is 0.323 e. The highest BCUT2D eigenvalue weighted by Crippen LogP contribution is 2.09. The summed E-state index contributed by atoms with van der Waals surface area (Å²) in [5.41, 5.74) is 10.7. The van der Waals surface area contributed by atoms with Crippen LogP contribution in [0, 0.1) is 0 Å². The van der Waals surface area contributed by atoms with E-state index < -0.39 is 17.5 Å². The molecular weight excluding hydrogens is 298 g/mol. The molecule has 7 N–H and O–H groups in total. The van der Waals surface area contributed by atoms with Gasteiger partial charge in [0.25, 0.3) is 0 Å². The van der Waals surface area contributed by atoms with Crippen LogP contribution < -0.4 is 16.8 Å². The number of benzene rings is 1. The van der Waals surface area contributed by atoms with Crippen molar-refractivity contribution in [2.24, 2.45) is 11.5 Å². The molecule has 7 heteroatoms. The number of carboxylic acids is 2. The fourth-order valence-corrected chi connectivity index (χ4v) is 1.65. The molecule has 1 aromatic carbocycles. The van der Waals surface area contributed by atoms with Gasteiger partial charge >= 0.3 is 11.9 Å². The second kappa shape index (κ2) is 11.6. The van der Waals surface area contributed by atoms with Crippen LogP contribution in [-0.2, 0) is 16.1 Å². The Morgan fingerprint density at radius 2 is 1.78 bits per heavy atom. The number of carboxylic acid groups (broad SMARTS) is 2. The van der Waals surface area contributed by atoms with Crippen LogP contribution in [-0.4, -0.2) is 40.8 Å². The van der Waals surface area contributed by atoms with Crippen molar-refractivity contribution in [3.63, 3.8) is 0 Å². The Morgan fingerprint density at radius 3 is 2.26 bits per heavy atom. The molecule has 0 saturated heterocycles. The number of nitrogens with one attached hydrogen (secondary N) is 1. The zero-order valence-electron chi connectivity index (χ0n) is 13.5. The van der Waals surface area contributed by atoms with Crippen LogP contribution in [0.1, 0.15) is 31.7 Å². The van der Waals surface area contributed by atoms with E-state index in [0.717, 1.165) is 18.4 Å². The maximum absolute atomic E-state index is 10.5. The van der Waals surface area contributed by atoms with Crippen molar-refractivity contribution in [1.29, 1.82) is 0 Å². The molecule has 1 rings (SSSR count). The Balaban J connectivity index is 0.000000423. The summed E-state index contributed by atoms with van der Waals surface area (Å²) in [5, 5.41) is 19.7. The first-order valence-corrected chi connectivity index (χ1v) is 7.48. The quantitative estimate of drug-likeness (QED) is 0.423. The van der Waals surface area contributed by atoms with Gasteiger partial charge in [-0.05, 0) is 38.3 Å². The van der Waals surface area contributed by atoms with Crippen LogP contribution >= 0.6 is 0 Å². The van der Waals surface area contributed by atoms with E-state index in [9.17, 15) is 9.59 Å². The minimum atomic E-state index is -1.09. The van der Waals surface area contributed by atoms with E-state index in [-0.39, 0.29) is 6.54 Å². The van der Waals surface area contributed by atoms with E-state index >= 15 is 0 Å². The summed E-state index contributed by atoms with van der Waals surface area (Å²) in [6, 6.07) is 9.69. The van der Waals surface area contributed by atoms with Gasteiger partial charge in [0.2, 0.25) is 0 Å². The van der Waals surface area contributed by atoms with Gasteiger partial charge in [-0.1, -0.05) is 30.3 Å². The van der Waals surface area contributed by atoms with Crippen molar-refractivity contribution in [1.82, 2.24) is 5.32 Å². The van der Waals surface area contributed by atoms with Crippen LogP contribution in [0.4, 0.5) is 0 Å². The minimum Gasteiger partial charge on any atom is -0.480 e. The van der Waals surface area contributed by atoms with Crippen LogP contribution in [0.25, 0.3) is 0 Å². The van der Waals surface area contributed by atoms with E-state index in [1.54, 1.807) is 0 Å². The van der Waals surface area contributed by atoms with E-state index in [1.807, 2.05) is 30.3 Å². The van der Waals surface area contributed by atoms with Gasteiger partial charge in [0.05, 0.1) is 6.54 Å². The Bertz CT molecular complexity index is 464. The number of hydrogen-bond acceptors (Lipinski definition) is 5. The summed E-state index contributed by atoms with van der Waals surface area (Å²) in [6.07, 6.45) is 2.09. The predicted octanol–water partition coefficient (Wildman–Crippen LogP) is 0.778. The first kappa shape index (κ1) is 21.0. The van der Waals surface area contributed by atoms with E-state index in [4.69, 9.17) is 21.7 Å². The highest BCUT2D eigenvalue weighted by atomic mass is 16.4. The second-order valence-electron chi connectivity index (χ2n) is 5.45. The van der Waals surface area contributed by atoms with E-state index in [1.165, 1.54) is 6.92 Å². The van der Waals surface area contributed by atoms with Crippen LogP contribution in [0.3, 0.4) is 0 Å². The molecule has 7 nitrogen and oxygen atoms in total. The largest absolute Gasteiger partial charge is 0.480 e. The van der Waals surface area contributed by atoms with Gasteiger partial charge in [-0.2, -0.15) is 0 Å². The second-order valence-corrected chi connectivity index (χ2v) is 5.45. The van der Waals surface area contributed by atoms with Crippen molar-refractivity contribution in [2.45, 2.75) is 38.3 Å². The topological polar surface area (TPSA) is 139 Å². The summed E-state index contributed by atoms with van der Waals surface area (Å²) < 4.78 is 0. The Morgan fingerprint density at radius 1 is 1.17 bits per heavy atom. The third-order valence-electron chi connectivity index (χ3n) is 3.09. The highest BCUT2D eigenvalue weighted by Gasteiger charge is 2.26. The lowest BCUT2D eigenvalue weighted by Crippen LogP contribution is -2.44. The standard InChI is InChI=1S/C9H11NO2.C7H16N2O2/c11-9(12)7-10-6-8-4-2-1-3-5-8;1-7(9,6(10)11)4-2-3-5-8/h1-5,10H,6-7H2,(H,11,12);2-5,8-9H2,1H3,(H,10,11)/t;7-/m.0/s1. The first-order valence-electron chi connectivity index (χ1n) is 7.48. The van der Waals surface area contributed by atoms with Crippen molar-refractivity contribution in [3.8, 4) is 0 Å². The molecule has 0 unspecified atom stereocenters. The maximum Gasteiger partial charge on any atom is 0.323 e. The number of nitrogens with two attached hydrogens (primary N) is 2. The van der Waals surface area contributed by atoms with Gasteiger partial charge in [-0.15, -0.1) is 0 Å².